The van der Waals surface area contributed by atoms with E-state index in [1.807, 2.05) is 6.92 Å². The Labute approximate surface area is 157 Å². The van der Waals surface area contributed by atoms with Gasteiger partial charge in [0.2, 0.25) is 5.91 Å². The Balaban J connectivity index is 1.66. The third kappa shape index (κ3) is 3.89. The van der Waals surface area contributed by atoms with Crippen LogP contribution in [0.3, 0.4) is 0 Å². The Hall–Kier alpha value is -2.63. The normalized spacial score (nSPS) is 20.9. The summed E-state index contributed by atoms with van der Waals surface area (Å²) in [7, 11) is 3.09. The van der Waals surface area contributed by atoms with Gasteiger partial charge in [-0.15, -0.1) is 0 Å². The van der Waals surface area contributed by atoms with E-state index < -0.39 is 17.0 Å². The van der Waals surface area contributed by atoms with E-state index in [0.717, 1.165) is 18.1 Å². The van der Waals surface area contributed by atoms with E-state index in [9.17, 15) is 13.6 Å². The first-order valence-electron chi connectivity index (χ1n) is 8.82. The summed E-state index contributed by atoms with van der Waals surface area (Å²) in [6, 6.07) is 8.95. The molecule has 2 unspecified atom stereocenters. The highest BCUT2D eigenvalue weighted by Crippen LogP contribution is 2.54. The number of hydrogen-bond acceptors (Lipinski definition) is 3. The predicted octanol–water partition coefficient (Wildman–Crippen LogP) is 3.62. The minimum atomic E-state index is -0.600. The second kappa shape index (κ2) is 7.55. The van der Waals surface area contributed by atoms with Crippen LogP contribution in [0, 0.1) is 17.6 Å². The fourth-order valence-corrected chi connectivity index (χ4v) is 3.59. The zero-order valence-electron chi connectivity index (χ0n) is 15.6. The van der Waals surface area contributed by atoms with Crippen molar-refractivity contribution in [3.63, 3.8) is 0 Å². The molecule has 1 aliphatic carbocycles. The summed E-state index contributed by atoms with van der Waals surface area (Å²) in [5.74, 6) is 0.0513. The average Bonchev–Trinajstić information content (AvgIpc) is 3.30. The minimum absolute atomic E-state index is 0.164. The SMILES string of the molecule is COc1ccc(CC(=O)NCC2(c3ccc(F)cc3F)CC2C)cc1OC. The average molecular weight is 375 g/mol. The molecular formula is C21H23F2NO3. The van der Waals surface area contributed by atoms with Crippen LogP contribution in [-0.4, -0.2) is 26.7 Å². The molecule has 4 nitrogen and oxygen atoms in total. The Bertz CT molecular complexity index is 855. The second-order valence-electron chi connectivity index (χ2n) is 7.03. The van der Waals surface area contributed by atoms with Gasteiger partial charge >= 0.3 is 0 Å². The van der Waals surface area contributed by atoms with E-state index >= 15 is 0 Å². The van der Waals surface area contributed by atoms with Gasteiger partial charge in [0.25, 0.3) is 0 Å². The molecule has 3 rings (SSSR count). The summed E-state index contributed by atoms with van der Waals surface area (Å²) in [4.78, 5) is 12.4. The fourth-order valence-electron chi connectivity index (χ4n) is 3.59. The largest absolute Gasteiger partial charge is 0.493 e. The first-order chi connectivity index (χ1) is 12.9. The lowest BCUT2D eigenvalue weighted by Crippen LogP contribution is -2.34. The van der Waals surface area contributed by atoms with Crippen LogP contribution in [-0.2, 0) is 16.6 Å². The predicted molar refractivity (Wildman–Crippen MR) is 98.1 cm³/mol. The molecule has 2 aromatic carbocycles. The summed E-state index contributed by atoms with van der Waals surface area (Å²) in [6.45, 7) is 2.33. The summed E-state index contributed by atoms with van der Waals surface area (Å²) in [5.41, 5.74) is 0.782. The highest BCUT2D eigenvalue weighted by molar-refractivity contribution is 5.79. The lowest BCUT2D eigenvalue weighted by molar-refractivity contribution is -0.120. The molecule has 0 aromatic heterocycles. The van der Waals surface area contributed by atoms with Crippen molar-refractivity contribution >= 4 is 5.91 Å². The first kappa shape index (κ1) is 19.1. The molecule has 0 bridgehead atoms. The molecule has 2 aromatic rings. The second-order valence-corrected chi connectivity index (χ2v) is 7.03. The lowest BCUT2D eigenvalue weighted by atomic mass is 9.92. The summed E-state index contributed by atoms with van der Waals surface area (Å²) in [6.07, 6.45) is 0.933. The van der Waals surface area contributed by atoms with Crippen LogP contribution in [0.25, 0.3) is 0 Å². The molecule has 1 saturated carbocycles. The van der Waals surface area contributed by atoms with E-state index in [-0.39, 0.29) is 18.2 Å². The molecular weight excluding hydrogens is 352 g/mol. The summed E-state index contributed by atoms with van der Waals surface area (Å²) >= 11 is 0. The van der Waals surface area contributed by atoms with Gasteiger partial charge in [-0.1, -0.05) is 19.1 Å². The van der Waals surface area contributed by atoms with Gasteiger partial charge in [0, 0.05) is 18.0 Å². The van der Waals surface area contributed by atoms with Crippen molar-refractivity contribution in [3.05, 3.63) is 59.2 Å². The van der Waals surface area contributed by atoms with E-state index in [1.54, 1.807) is 25.3 Å². The maximum absolute atomic E-state index is 14.2. The van der Waals surface area contributed by atoms with Gasteiger partial charge in [0.15, 0.2) is 11.5 Å². The van der Waals surface area contributed by atoms with Crippen molar-refractivity contribution in [2.24, 2.45) is 5.92 Å². The molecule has 1 amide bonds. The molecule has 27 heavy (non-hydrogen) atoms. The number of carbonyl (C=O) groups is 1. The highest BCUT2D eigenvalue weighted by atomic mass is 19.1. The highest BCUT2D eigenvalue weighted by Gasteiger charge is 2.53. The summed E-state index contributed by atoms with van der Waals surface area (Å²) in [5, 5.41) is 2.90. The molecule has 0 spiro atoms. The van der Waals surface area contributed by atoms with Crippen molar-refractivity contribution in [1.82, 2.24) is 5.32 Å². The number of hydrogen-bond donors (Lipinski definition) is 1. The van der Waals surface area contributed by atoms with E-state index in [4.69, 9.17) is 9.47 Å². The summed E-state index contributed by atoms with van der Waals surface area (Å²) < 4.78 is 37.8. The minimum Gasteiger partial charge on any atom is -0.493 e. The number of benzene rings is 2. The number of rotatable bonds is 7. The van der Waals surface area contributed by atoms with Crippen LogP contribution >= 0.6 is 0 Å². The van der Waals surface area contributed by atoms with Crippen molar-refractivity contribution in [2.45, 2.75) is 25.2 Å². The first-order valence-corrected chi connectivity index (χ1v) is 8.82. The Kier molecular flexibility index (Phi) is 5.35. The quantitative estimate of drug-likeness (QED) is 0.804. The van der Waals surface area contributed by atoms with E-state index in [0.29, 0.717) is 23.6 Å². The molecule has 1 aliphatic rings. The number of methoxy groups -OCH3 is 2. The van der Waals surface area contributed by atoms with Crippen LogP contribution in [0.5, 0.6) is 11.5 Å². The molecule has 0 radical (unpaired) electrons. The van der Waals surface area contributed by atoms with Crippen molar-refractivity contribution in [3.8, 4) is 11.5 Å². The smallest absolute Gasteiger partial charge is 0.224 e. The molecule has 0 aliphatic heterocycles. The molecule has 144 valence electrons. The number of nitrogens with one attached hydrogen (secondary N) is 1. The molecule has 0 heterocycles. The zero-order chi connectivity index (χ0) is 19.6. The van der Waals surface area contributed by atoms with Gasteiger partial charge < -0.3 is 14.8 Å². The monoisotopic (exact) mass is 375 g/mol. The standard InChI is InChI=1S/C21H23F2NO3/c1-13-11-21(13,16-6-5-15(22)10-17(16)23)12-24-20(25)9-14-4-7-18(26-2)19(8-14)27-3/h4-8,10,13H,9,11-12H2,1-3H3,(H,24,25). The topological polar surface area (TPSA) is 47.6 Å². The van der Waals surface area contributed by atoms with Crippen molar-refractivity contribution in [2.75, 3.05) is 20.8 Å². The van der Waals surface area contributed by atoms with Gasteiger partial charge in [-0.2, -0.15) is 0 Å². The number of ether oxygens (including phenoxy) is 2. The van der Waals surface area contributed by atoms with Gasteiger partial charge in [0.1, 0.15) is 11.6 Å². The Morgan fingerprint density at radius 2 is 1.85 bits per heavy atom. The third-order valence-corrected chi connectivity index (χ3v) is 5.33. The number of carbonyl (C=O) groups excluding carboxylic acids is 1. The van der Waals surface area contributed by atoms with E-state index in [1.165, 1.54) is 19.2 Å². The van der Waals surface area contributed by atoms with Crippen LogP contribution in [0.1, 0.15) is 24.5 Å². The van der Waals surface area contributed by atoms with Gasteiger partial charge in [-0.25, -0.2) is 8.78 Å². The van der Waals surface area contributed by atoms with Crippen molar-refractivity contribution < 1.29 is 23.0 Å². The number of halogens is 2. The Morgan fingerprint density at radius 1 is 1.15 bits per heavy atom. The van der Waals surface area contributed by atoms with Crippen molar-refractivity contribution in [1.29, 1.82) is 0 Å². The Morgan fingerprint density at radius 3 is 2.44 bits per heavy atom. The zero-order valence-corrected chi connectivity index (χ0v) is 15.6. The van der Waals surface area contributed by atoms with E-state index in [2.05, 4.69) is 5.32 Å². The van der Waals surface area contributed by atoms with Crippen LogP contribution in [0.15, 0.2) is 36.4 Å². The maximum Gasteiger partial charge on any atom is 0.224 e. The molecule has 2 atom stereocenters. The van der Waals surface area contributed by atoms with Gasteiger partial charge in [-0.3, -0.25) is 4.79 Å². The van der Waals surface area contributed by atoms with Crippen LogP contribution in [0.2, 0.25) is 0 Å². The molecule has 1 fully saturated rings. The molecule has 0 saturated heterocycles. The molecule has 6 heteroatoms. The maximum atomic E-state index is 14.2. The fraction of sp³-hybridized carbons (Fsp3) is 0.381. The third-order valence-electron chi connectivity index (χ3n) is 5.33. The van der Waals surface area contributed by atoms with Crippen LogP contribution < -0.4 is 14.8 Å². The van der Waals surface area contributed by atoms with Gasteiger partial charge in [0.05, 0.1) is 20.6 Å². The lowest BCUT2D eigenvalue weighted by Gasteiger charge is -2.19. The molecule has 1 N–H and O–H groups in total. The number of amides is 1. The van der Waals surface area contributed by atoms with Gasteiger partial charge in [-0.05, 0) is 41.7 Å². The van der Waals surface area contributed by atoms with Crippen LogP contribution in [0.4, 0.5) is 8.78 Å².